The van der Waals surface area contributed by atoms with Crippen molar-refractivity contribution in [2.24, 2.45) is 5.73 Å². The first-order valence-corrected chi connectivity index (χ1v) is 7.58. The predicted octanol–water partition coefficient (Wildman–Crippen LogP) is 0.917. The zero-order valence-corrected chi connectivity index (χ0v) is 13.1. The van der Waals surface area contributed by atoms with Crippen LogP contribution >= 0.6 is 0 Å². The molecular weight excluding hydrogens is 266 g/mol. The molecule has 21 heavy (non-hydrogen) atoms. The molecular formula is C16H27N3O2. The Bertz CT molecular complexity index is 443. The number of hydrogen-bond acceptors (Lipinski definition) is 5. The molecule has 0 saturated carbocycles. The lowest BCUT2D eigenvalue weighted by atomic mass is 10.0. The Labute approximate surface area is 127 Å². The van der Waals surface area contributed by atoms with E-state index in [2.05, 4.69) is 15.9 Å². The Balaban J connectivity index is 1.86. The number of anilines is 1. The quantitative estimate of drug-likeness (QED) is 0.816. The van der Waals surface area contributed by atoms with Crippen molar-refractivity contribution in [3.8, 4) is 5.75 Å². The number of para-hydroxylation sites is 2. The van der Waals surface area contributed by atoms with Crippen molar-refractivity contribution in [3.05, 3.63) is 24.3 Å². The smallest absolute Gasteiger partial charge is 0.142 e. The third-order valence-corrected chi connectivity index (χ3v) is 4.20. The minimum absolute atomic E-state index is 0.314. The highest BCUT2D eigenvalue weighted by atomic mass is 16.5. The molecule has 1 saturated heterocycles. The molecule has 5 heteroatoms. The summed E-state index contributed by atoms with van der Waals surface area (Å²) in [5.41, 5.74) is 5.97. The Hall–Kier alpha value is -1.30. The van der Waals surface area contributed by atoms with E-state index in [9.17, 15) is 5.11 Å². The molecule has 1 aliphatic heterocycles. The van der Waals surface area contributed by atoms with Crippen LogP contribution in [0.5, 0.6) is 5.75 Å². The molecule has 1 aromatic rings. The number of aliphatic hydroxyl groups is 1. The molecule has 5 nitrogen and oxygen atoms in total. The van der Waals surface area contributed by atoms with Crippen molar-refractivity contribution >= 4 is 5.69 Å². The van der Waals surface area contributed by atoms with Crippen LogP contribution in [-0.2, 0) is 0 Å². The second kappa shape index (κ2) is 7.11. The maximum absolute atomic E-state index is 9.97. The highest BCUT2D eigenvalue weighted by Gasteiger charge is 2.23. The van der Waals surface area contributed by atoms with E-state index in [0.29, 0.717) is 6.54 Å². The van der Waals surface area contributed by atoms with Gasteiger partial charge in [-0.3, -0.25) is 4.90 Å². The van der Waals surface area contributed by atoms with Crippen LogP contribution in [0, 0.1) is 0 Å². The van der Waals surface area contributed by atoms with Crippen molar-refractivity contribution in [1.29, 1.82) is 0 Å². The van der Waals surface area contributed by atoms with Gasteiger partial charge in [-0.1, -0.05) is 12.1 Å². The summed E-state index contributed by atoms with van der Waals surface area (Å²) in [5.74, 6) is 0.928. The zero-order chi connectivity index (χ0) is 15.3. The van der Waals surface area contributed by atoms with Gasteiger partial charge in [-0.25, -0.2) is 0 Å². The summed E-state index contributed by atoms with van der Waals surface area (Å²) < 4.78 is 5.43. The van der Waals surface area contributed by atoms with E-state index in [1.807, 2.05) is 18.2 Å². The van der Waals surface area contributed by atoms with Crippen molar-refractivity contribution in [2.75, 3.05) is 51.3 Å². The molecule has 1 aliphatic rings. The molecule has 2 rings (SSSR count). The maximum atomic E-state index is 9.97. The lowest BCUT2D eigenvalue weighted by Gasteiger charge is -2.37. The first-order valence-electron chi connectivity index (χ1n) is 7.58. The maximum Gasteiger partial charge on any atom is 0.142 e. The SMILES string of the molecule is COc1ccccc1N1CCN(CCC(C)(O)CN)CC1. The van der Waals surface area contributed by atoms with Gasteiger partial charge < -0.3 is 20.5 Å². The number of methoxy groups -OCH3 is 1. The molecule has 1 fully saturated rings. The number of rotatable bonds is 6. The summed E-state index contributed by atoms with van der Waals surface area (Å²) >= 11 is 0. The molecule has 0 amide bonds. The Kier molecular flexibility index (Phi) is 5.45. The summed E-state index contributed by atoms with van der Waals surface area (Å²) in [6, 6.07) is 8.14. The highest BCUT2D eigenvalue weighted by molar-refractivity contribution is 5.58. The van der Waals surface area contributed by atoms with Crippen LogP contribution in [0.4, 0.5) is 5.69 Å². The van der Waals surface area contributed by atoms with Gasteiger partial charge in [0.05, 0.1) is 18.4 Å². The van der Waals surface area contributed by atoms with Gasteiger partial charge in [0.25, 0.3) is 0 Å². The molecule has 1 heterocycles. The van der Waals surface area contributed by atoms with E-state index < -0.39 is 5.60 Å². The van der Waals surface area contributed by atoms with Gasteiger partial charge in [-0.05, 0) is 25.5 Å². The first-order chi connectivity index (χ1) is 10.1. The minimum atomic E-state index is -0.750. The van der Waals surface area contributed by atoms with Crippen LogP contribution in [0.1, 0.15) is 13.3 Å². The number of piperazine rings is 1. The standard InChI is InChI=1S/C16H27N3O2/c1-16(20,13-17)7-8-18-9-11-19(12-10-18)14-5-3-4-6-15(14)21-2/h3-6,20H,7-13,17H2,1-2H3. The summed E-state index contributed by atoms with van der Waals surface area (Å²) in [6.45, 7) is 6.96. The third-order valence-electron chi connectivity index (χ3n) is 4.20. The number of nitrogens with zero attached hydrogens (tertiary/aromatic N) is 2. The summed E-state index contributed by atoms with van der Waals surface area (Å²) in [6.07, 6.45) is 0.720. The number of ether oxygens (including phenoxy) is 1. The summed E-state index contributed by atoms with van der Waals surface area (Å²) in [5, 5.41) is 9.97. The van der Waals surface area contributed by atoms with Crippen LogP contribution in [0.15, 0.2) is 24.3 Å². The van der Waals surface area contributed by atoms with Gasteiger partial charge in [0, 0.05) is 39.3 Å². The fourth-order valence-electron chi connectivity index (χ4n) is 2.60. The highest BCUT2D eigenvalue weighted by Crippen LogP contribution is 2.28. The second-order valence-electron chi connectivity index (χ2n) is 5.95. The lowest BCUT2D eigenvalue weighted by molar-refractivity contribution is 0.0470. The van der Waals surface area contributed by atoms with E-state index in [0.717, 1.165) is 50.6 Å². The lowest BCUT2D eigenvalue weighted by Crippen LogP contribution is -2.48. The van der Waals surface area contributed by atoms with E-state index in [1.54, 1.807) is 14.0 Å². The third kappa shape index (κ3) is 4.33. The monoisotopic (exact) mass is 293 g/mol. The molecule has 0 spiro atoms. The van der Waals surface area contributed by atoms with Crippen LogP contribution in [-0.4, -0.2) is 62.0 Å². The molecule has 0 radical (unpaired) electrons. The van der Waals surface area contributed by atoms with Crippen LogP contribution < -0.4 is 15.4 Å². The Morgan fingerprint density at radius 2 is 1.90 bits per heavy atom. The molecule has 118 valence electrons. The second-order valence-corrected chi connectivity index (χ2v) is 5.95. The van der Waals surface area contributed by atoms with Gasteiger partial charge in [0.1, 0.15) is 5.75 Å². The molecule has 1 aromatic carbocycles. The van der Waals surface area contributed by atoms with E-state index >= 15 is 0 Å². The molecule has 3 N–H and O–H groups in total. The van der Waals surface area contributed by atoms with Crippen molar-refractivity contribution in [1.82, 2.24) is 4.90 Å². The van der Waals surface area contributed by atoms with E-state index in [4.69, 9.17) is 10.5 Å². The molecule has 1 unspecified atom stereocenters. The van der Waals surface area contributed by atoms with Gasteiger partial charge in [0.2, 0.25) is 0 Å². The van der Waals surface area contributed by atoms with Crippen LogP contribution in [0.3, 0.4) is 0 Å². The van der Waals surface area contributed by atoms with E-state index in [1.165, 1.54) is 0 Å². The Morgan fingerprint density at radius 3 is 2.52 bits per heavy atom. The van der Waals surface area contributed by atoms with Crippen molar-refractivity contribution in [3.63, 3.8) is 0 Å². The largest absolute Gasteiger partial charge is 0.495 e. The first kappa shape index (κ1) is 16.1. The average Bonchev–Trinajstić information content (AvgIpc) is 2.53. The summed E-state index contributed by atoms with van der Waals surface area (Å²) in [7, 11) is 1.71. The van der Waals surface area contributed by atoms with Gasteiger partial charge in [-0.15, -0.1) is 0 Å². The molecule has 0 aromatic heterocycles. The number of benzene rings is 1. The van der Waals surface area contributed by atoms with Gasteiger partial charge in [0.15, 0.2) is 0 Å². The van der Waals surface area contributed by atoms with Crippen molar-refractivity contribution < 1.29 is 9.84 Å². The average molecular weight is 293 g/mol. The fourth-order valence-corrected chi connectivity index (χ4v) is 2.60. The molecule has 1 atom stereocenters. The van der Waals surface area contributed by atoms with Crippen molar-refractivity contribution in [2.45, 2.75) is 18.9 Å². The number of hydrogen-bond donors (Lipinski definition) is 2. The number of nitrogens with two attached hydrogens (primary N) is 1. The van der Waals surface area contributed by atoms with Crippen LogP contribution in [0.2, 0.25) is 0 Å². The normalized spacial score (nSPS) is 19.3. The Morgan fingerprint density at radius 1 is 1.24 bits per heavy atom. The molecule has 0 aliphatic carbocycles. The minimum Gasteiger partial charge on any atom is -0.495 e. The summed E-state index contributed by atoms with van der Waals surface area (Å²) in [4.78, 5) is 4.74. The molecule has 0 bridgehead atoms. The fraction of sp³-hybridized carbons (Fsp3) is 0.625. The topological polar surface area (TPSA) is 62.0 Å². The zero-order valence-electron chi connectivity index (χ0n) is 13.1. The van der Waals surface area contributed by atoms with Gasteiger partial charge >= 0.3 is 0 Å². The predicted molar refractivity (Wildman–Crippen MR) is 85.9 cm³/mol. The van der Waals surface area contributed by atoms with E-state index in [-0.39, 0.29) is 0 Å². The van der Waals surface area contributed by atoms with Gasteiger partial charge in [-0.2, -0.15) is 0 Å². The van der Waals surface area contributed by atoms with Crippen LogP contribution in [0.25, 0.3) is 0 Å².